The van der Waals surface area contributed by atoms with Crippen LogP contribution in [-0.2, 0) is 4.74 Å². The van der Waals surface area contributed by atoms with Crippen molar-refractivity contribution in [3.8, 4) is 0 Å². The van der Waals surface area contributed by atoms with E-state index in [0.29, 0.717) is 31.6 Å². The Morgan fingerprint density at radius 1 is 1.38 bits per heavy atom. The number of guanidine groups is 1. The molecule has 0 amide bonds. The quantitative estimate of drug-likeness (QED) is 0.592. The molecule has 24 heavy (non-hydrogen) atoms. The van der Waals surface area contributed by atoms with Gasteiger partial charge in [-0.25, -0.2) is 4.39 Å². The number of ether oxygens (including phenoxy) is 1. The van der Waals surface area contributed by atoms with Crippen molar-refractivity contribution < 1.29 is 9.13 Å². The molecule has 1 saturated heterocycles. The van der Waals surface area contributed by atoms with E-state index in [1.807, 2.05) is 6.07 Å². The second-order valence-corrected chi connectivity index (χ2v) is 6.55. The minimum Gasteiger partial charge on any atom is -0.379 e. The van der Waals surface area contributed by atoms with Crippen molar-refractivity contribution in [1.82, 2.24) is 10.2 Å². The average Bonchev–Trinajstić information content (AvgIpc) is 2.56. The van der Waals surface area contributed by atoms with Gasteiger partial charge in [-0.3, -0.25) is 9.89 Å². The molecule has 0 bridgehead atoms. The highest BCUT2D eigenvalue weighted by Gasteiger charge is 2.22. The lowest BCUT2D eigenvalue weighted by molar-refractivity contribution is 0.0179. The van der Waals surface area contributed by atoms with Crippen molar-refractivity contribution in [1.29, 1.82) is 0 Å². The molecular formula is C18H29FN4O. The third kappa shape index (κ3) is 6.09. The van der Waals surface area contributed by atoms with Gasteiger partial charge in [0.2, 0.25) is 0 Å². The van der Waals surface area contributed by atoms with E-state index in [-0.39, 0.29) is 11.9 Å². The van der Waals surface area contributed by atoms with Crippen molar-refractivity contribution in [2.75, 3.05) is 39.4 Å². The lowest BCUT2D eigenvalue weighted by atomic mass is 10.0. The summed E-state index contributed by atoms with van der Waals surface area (Å²) in [6, 6.07) is 6.74. The topological polar surface area (TPSA) is 62.9 Å². The lowest BCUT2D eigenvalue weighted by Crippen LogP contribution is -2.41. The number of morpholine rings is 1. The number of nitrogens with two attached hydrogens (primary N) is 1. The molecule has 1 aliphatic heterocycles. The highest BCUT2D eigenvalue weighted by molar-refractivity contribution is 5.77. The Morgan fingerprint density at radius 3 is 2.79 bits per heavy atom. The SMILES string of the molecule is CC(C)CCNC(N)=NCC(c1cccc(F)c1)N1CCOCC1. The standard InChI is InChI=1S/C18H29FN4O/c1-14(2)6-7-21-18(20)22-13-17(23-8-10-24-11-9-23)15-4-3-5-16(19)12-15/h3-5,12,14,17H,6-11,13H2,1-2H3,(H3,20,21,22). The van der Waals surface area contributed by atoms with Crippen molar-refractivity contribution >= 4 is 5.96 Å². The van der Waals surface area contributed by atoms with Gasteiger partial charge in [0, 0.05) is 19.6 Å². The zero-order valence-corrected chi connectivity index (χ0v) is 14.7. The first-order valence-electron chi connectivity index (χ1n) is 8.67. The van der Waals surface area contributed by atoms with Crippen LogP contribution in [0, 0.1) is 11.7 Å². The van der Waals surface area contributed by atoms with Gasteiger partial charge in [-0.2, -0.15) is 0 Å². The Hall–Kier alpha value is -1.66. The van der Waals surface area contributed by atoms with Crippen molar-refractivity contribution in [2.45, 2.75) is 26.3 Å². The van der Waals surface area contributed by atoms with Crippen LogP contribution in [0.2, 0.25) is 0 Å². The molecule has 1 atom stereocenters. The highest BCUT2D eigenvalue weighted by atomic mass is 19.1. The van der Waals surface area contributed by atoms with Crippen molar-refractivity contribution in [2.24, 2.45) is 16.6 Å². The predicted molar refractivity (Wildman–Crippen MR) is 95.5 cm³/mol. The van der Waals surface area contributed by atoms with Crippen molar-refractivity contribution in [3.05, 3.63) is 35.6 Å². The van der Waals surface area contributed by atoms with Gasteiger partial charge in [-0.15, -0.1) is 0 Å². The summed E-state index contributed by atoms with van der Waals surface area (Å²) in [4.78, 5) is 6.76. The van der Waals surface area contributed by atoms with E-state index >= 15 is 0 Å². The summed E-state index contributed by atoms with van der Waals surface area (Å²) in [5.74, 6) is 0.849. The van der Waals surface area contributed by atoms with Gasteiger partial charge in [0.1, 0.15) is 5.82 Å². The fourth-order valence-corrected chi connectivity index (χ4v) is 2.76. The molecule has 1 fully saturated rings. The number of rotatable bonds is 7. The first-order chi connectivity index (χ1) is 11.6. The molecular weight excluding hydrogens is 307 g/mol. The Bertz CT molecular complexity index is 530. The predicted octanol–water partition coefficient (Wildman–Crippen LogP) is 2.15. The number of hydrogen-bond acceptors (Lipinski definition) is 3. The molecule has 0 aliphatic carbocycles. The second-order valence-electron chi connectivity index (χ2n) is 6.55. The van der Waals surface area contributed by atoms with E-state index in [1.54, 1.807) is 12.1 Å². The van der Waals surface area contributed by atoms with Crippen LogP contribution in [0.4, 0.5) is 4.39 Å². The van der Waals surface area contributed by atoms with Gasteiger partial charge in [0.15, 0.2) is 5.96 Å². The van der Waals surface area contributed by atoms with Crippen LogP contribution in [0.3, 0.4) is 0 Å². The van der Waals surface area contributed by atoms with E-state index in [4.69, 9.17) is 10.5 Å². The fourth-order valence-electron chi connectivity index (χ4n) is 2.76. The number of nitrogens with one attached hydrogen (secondary N) is 1. The van der Waals surface area contributed by atoms with Gasteiger partial charge >= 0.3 is 0 Å². The van der Waals surface area contributed by atoms with E-state index in [2.05, 4.69) is 29.1 Å². The minimum absolute atomic E-state index is 0.00930. The third-order valence-electron chi connectivity index (χ3n) is 4.18. The molecule has 0 spiro atoms. The van der Waals surface area contributed by atoms with Gasteiger partial charge < -0.3 is 15.8 Å². The summed E-state index contributed by atoms with van der Waals surface area (Å²) >= 11 is 0. The third-order valence-corrected chi connectivity index (χ3v) is 4.18. The summed E-state index contributed by atoms with van der Waals surface area (Å²) in [5.41, 5.74) is 6.89. The summed E-state index contributed by atoms with van der Waals surface area (Å²) < 4.78 is 19.0. The molecule has 1 aromatic carbocycles. The maximum Gasteiger partial charge on any atom is 0.188 e. The Morgan fingerprint density at radius 2 is 2.12 bits per heavy atom. The molecule has 1 aliphatic rings. The van der Waals surface area contributed by atoms with Crippen LogP contribution in [0.25, 0.3) is 0 Å². The maximum atomic E-state index is 13.6. The first-order valence-corrected chi connectivity index (χ1v) is 8.67. The van der Waals surface area contributed by atoms with E-state index in [1.165, 1.54) is 6.07 Å². The summed E-state index contributed by atoms with van der Waals surface area (Å²) in [6.07, 6.45) is 1.05. The summed E-state index contributed by atoms with van der Waals surface area (Å²) in [5, 5.41) is 3.15. The number of hydrogen-bond donors (Lipinski definition) is 2. The number of halogens is 1. The van der Waals surface area contributed by atoms with Crippen LogP contribution in [-0.4, -0.2) is 50.3 Å². The van der Waals surface area contributed by atoms with E-state index < -0.39 is 0 Å². The first kappa shape index (κ1) is 18.7. The molecule has 5 nitrogen and oxygen atoms in total. The Labute approximate surface area is 144 Å². The molecule has 1 heterocycles. The lowest BCUT2D eigenvalue weighted by Gasteiger charge is -2.34. The highest BCUT2D eigenvalue weighted by Crippen LogP contribution is 2.23. The zero-order chi connectivity index (χ0) is 17.4. The summed E-state index contributed by atoms with van der Waals surface area (Å²) in [7, 11) is 0. The van der Waals surface area contributed by atoms with Crippen LogP contribution < -0.4 is 11.1 Å². The largest absolute Gasteiger partial charge is 0.379 e. The van der Waals surface area contributed by atoms with E-state index in [0.717, 1.165) is 31.6 Å². The van der Waals surface area contributed by atoms with Gasteiger partial charge in [-0.05, 0) is 30.0 Å². The number of nitrogens with zero attached hydrogens (tertiary/aromatic N) is 2. The fraction of sp³-hybridized carbons (Fsp3) is 0.611. The minimum atomic E-state index is -0.224. The van der Waals surface area contributed by atoms with Crippen LogP contribution >= 0.6 is 0 Å². The van der Waals surface area contributed by atoms with Crippen molar-refractivity contribution in [3.63, 3.8) is 0 Å². The Balaban J connectivity index is 2.02. The number of aliphatic imine (C=N–C) groups is 1. The van der Waals surface area contributed by atoms with Crippen LogP contribution in [0.1, 0.15) is 31.9 Å². The molecule has 0 radical (unpaired) electrons. The van der Waals surface area contributed by atoms with Gasteiger partial charge in [0.05, 0.1) is 25.8 Å². The molecule has 3 N–H and O–H groups in total. The molecule has 1 unspecified atom stereocenters. The monoisotopic (exact) mass is 336 g/mol. The Kier molecular flexibility index (Phi) is 7.46. The molecule has 1 aromatic rings. The molecule has 6 heteroatoms. The number of benzene rings is 1. The molecule has 134 valence electrons. The van der Waals surface area contributed by atoms with Crippen LogP contribution in [0.15, 0.2) is 29.3 Å². The van der Waals surface area contributed by atoms with Gasteiger partial charge in [-0.1, -0.05) is 26.0 Å². The normalized spacial score (nSPS) is 17.9. The maximum absolute atomic E-state index is 13.6. The smallest absolute Gasteiger partial charge is 0.188 e. The van der Waals surface area contributed by atoms with E-state index in [9.17, 15) is 4.39 Å². The van der Waals surface area contributed by atoms with Crippen LogP contribution in [0.5, 0.6) is 0 Å². The molecule has 2 rings (SSSR count). The average molecular weight is 336 g/mol. The molecule has 0 saturated carbocycles. The second kappa shape index (κ2) is 9.59. The zero-order valence-electron chi connectivity index (χ0n) is 14.7. The molecule has 0 aromatic heterocycles. The summed E-state index contributed by atoms with van der Waals surface area (Å²) in [6.45, 7) is 8.68. The van der Waals surface area contributed by atoms with Gasteiger partial charge in [0.25, 0.3) is 0 Å².